The van der Waals surface area contributed by atoms with Crippen molar-refractivity contribution in [3.63, 3.8) is 0 Å². The second-order valence-electron chi connectivity index (χ2n) is 6.39. The minimum Gasteiger partial charge on any atom is -0.339 e. The number of amides is 2. The number of piperazine rings is 1. The predicted octanol–water partition coefficient (Wildman–Crippen LogP) is 2.55. The van der Waals surface area contributed by atoms with Crippen LogP contribution < -0.4 is 0 Å². The first-order valence-electron chi connectivity index (χ1n) is 8.36. The molecule has 4 nitrogen and oxygen atoms in total. The molecule has 3 rings (SSSR count). The number of carbonyl (C=O) groups is 2. The third kappa shape index (κ3) is 3.49. The maximum atomic E-state index is 12.4. The van der Waals surface area contributed by atoms with Gasteiger partial charge >= 0.3 is 0 Å². The maximum Gasteiger partial charge on any atom is 0.253 e. The fraction of sp³-hybridized carbons (Fsp3) is 0.556. The van der Waals surface area contributed by atoms with Gasteiger partial charge in [-0.1, -0.05) is 31.0 Å². The lowest BCUT2D eigenvalue weighted by atomic mass is 10.0. The van der Waals surface area contributed by atoms with E-state index in [2.05, 4.69) is 0 Å². The smallest absolute Gasteiger partial charge is 0.253 e. The molecule has 2 aliphatic rings. The predicted molar refractivity (Wildman–Crippen MR) is 85.5 cm³/mol. The van der Waals surface area contributed by atoms with Gasteiger partial charge in [-0.05, 0) is 30.9 Å². The zero-order valence-corrected chi connectivity index (χ0v) is 13.0. The number of benzene rings is 1. The Morgan fingerprint density at radius 1 is 0.909 bits per heavy atom. The van der Waals surface area contributed by atoms with Crippen LogP contribution >= 0.6 is 0 Å². The summed E-state index contributed by atoms with van der Waals surface area (Å²) in [7, 11) is 0. The molecule has 0 atom stereocenters. The molecule has 0 unspecified atom stereocenters. The Morgan fingerprint density at radius 3 is 2.14 bits per heavy atom. The average molecular weight is 300 g/mol. The van der Waals surface area contributed by atoms with E-state index in [0.717, 1.165) is 5.56 Å². The Kier molecular flexibility index (Phi) is 4.76. The fourth-order valence-electron chi connectivity index (χ4n) is 3.51. The van der Waals surface area contributed by atoms with E-state index in [9.17, 15) is 9.59 Å². The topological polar surface area (TPSA) is 40.6 Å². The lowest BCUT2D eigenvalue weighted by molar-refractivity contribution is -0.133. The molecule has 0 N–H and O–H groups in total. The monoisotopic (exact) mass is 300 g/mol. The number of hydrogen-bond acceptors (Lipinski definition) is 2. The number of rotatable bonds is 3. The molecule has 22 heavy (non-hydrogen) atoms. The number of nitrogens with zero attached hydrogens (tertiary/aromatic N) is 2. The van der Waals surface area contributed by atoms with Crippen molar-refractivity contribution in [1.82, 2.24) is 9.80 Å². The summed E-state index contributed by atoms with van der Waals surface area (Å²) in [5.74, 6) is 0.943. The molecule has 0 radical (unpaired) electrons. The van der Waals surface area contributed by atoms with Gasteiger partial charge in [-0.15, -0.1) is 0 Å². The summed E-state index contributed by atoms with van der Waals surface area (Å²) in [6.07, 6.45) is 5.66. The Balaban J connectivity index is 1.49. The zero-order chi connectivity index (χ0) is 15.4. The van der Waals surface area contributed by atoms with Crippen molar-refractivity contribution in [2.24, 2.45) is 5.92 Å². The van der Waals surface area contributed by atoms with Gasteiger partial charge in [0.2, 0.25) is 5.91 Å². The highest BCUT2D eigenvalue weighted by molar-refractivity contribution is 5.94. The molecule has 1 aromatic rings. The molecule has 1 saturated carbocycles. The summed E-state index contributed by atoms with van der Waals surface area (Å²) in [4.78, 5) is 28.5. The van der Waals surface area contributed by atoms with E-state index in [1.165, 1.54) is 25.7 Å². The van der Waals surface area contributed by atoms with Crippen molar-refractivity contribution >= 4 is 11.8 Å². The van der Waals surface area contributed by atoms with Crippen LogP contribution in [-0.4, -0.2) is 47.8 Å². The van der Waals surface area contributed by atoms with Crippen molar-refractivity contribution in [2.45, 2.75) is 32.1 Å². The largest absolute Gasteiger partial charge is 0.339 e. The van der Waals surface area contributed by atoms with Gasteiger partial charge in [-0.25, -0.2) is 0 Å². The molecule has 0 bridgehead atoms. The third-order valence-corrected chi connectivity index (χ3v) is 4.88. The van der Waals surface area contributed by atoms with Gasteiger partial charge in [0.1, 0.15) is 0 Å². The fourth-order valence-corrected chi connectivity index (χ4v) is 3.51. The molecule has 1 aliphatic carbocycles. The normalized spacial score (nSPS) is 19.5. The quantitative estimate of drug-likeness (QED) is 0.861. The van der Waals surface area contributed by atoms with Crippen LogP contribution in [0.2, 0.25) is 0 Å². The van der Waals surface area contributed by atoms with Crippen LogP contribution in [0.3, 0.4) is 0 Å². The zero-order valence-electron chi connectivity index (χ0n) is 13.0. The van der Waals surface area contributed by atoms with Gasteiger partial charge in [-0.3, -0.25) is 9.59 Å². The lowest BCUT2D eigenvalue weighted by Crippen LogP contribution is -2.50. The van der Waals surface area contributed by atoms with Crippen LogP contribution in [0.15, 0.2) is 30.3 Å². The summed E-state index contributed by atoms with van der Waals surface area (Å²) in [5.41, 5.74) is 0.730. The van der Waals surface area contributed by atoms with E-state index in [1.807, 2.05) is 40.1 Å². The molecule has 1 heterocycles. The van der Waals surface area contributed by atoms with E-state index < -0.39 is 0 Å². The number of hydrogen-bond donors (Lipinski definition) is 0. The summed E-state index contributed by atoms with van der Waals surface area (Å²) in [6, 6.07) is 9.37. The van der Waals surface area contributed by atoms with Crippen LogP contribution in [0.25, 0.3) is 0 Å². The van der Waals surface area contributed by atoms with Gasteiger partial charge in [0.05, 0.1) is 0 Å². The highest BCUT2D eigenvalue weighted by Crippen LogP contribution is 2.28. The minimum absolute atomic E-state index is 0.0727. The first-order valence-corrected chi connectivity index (χ1v) is 8.36. The number of carbonyl (C=O) groups excluding carboxylic acids is 2. The summed E-state index contributed by atoms with van der Waals surface area (Å²) in [5, 5.41) is 0. The molecule has 1 saturated heterocycles. The van der Waals surface area contributed by atoms with Crippen LogP contribution in [0.5, 0.6) is 0 Å². The first-order chi connectivity index (χ1) is 10.7. The van der Waals surface area contributed by atoms with Gasteiger partial charge in [0.25, 0.3) is 5.91 Å². The Hall–Kier alpha value is -1.84. The van der Waals surface area contributed by atoms with E-state index in [0.29, 0.717) is 38.5 Å². The Labute approximate surface area is 132 Å². The average Bonchev–Trinajstić information content (AvgIpc) is 3.08. The molecule has 2 fully saturated rings. The molecule has 1 aromatic carbocycles. The molecule has 4 heteroatoms. The van der Waals surface area contributed by atoms with E-state index in [4.69, 9.17) is 0 Å². The van der Waals surface area contributed by atoms with Crippen molar-refractivity contribution in [3.8, 4) is 0 Å². The molecular formula is C18H24N2O2. The Bertz CT molecular complexity index is 515. The lowest BCUT2D eigenvalue weighted by Gasteiger charge is -2.35. The summed E-state index contributed by atoms with van der Waals surface area (Å²) >= 11 is 0. The SMILES string of the molecule is O=C(CC1CCCC1)N1CCN(C(=O)c2ccccc2)CC1. The molecule has 0 spiro atoms. The van der Waals surface area contributed by atoms with Crippen molar-refractivity contribution in [2.75, 3.05) is 26.2 Å². The molecule has 1 aliphatic heterocycles. The van der Waals surface area contributed by atoms with Gasteiger partial charge < -0.3 is 9.80 Å². The second-order valence-corrected chi connectivity index (χ2v) is 6.39. The van der Waals surface area contributed by atoms with Gasteiger partial charge in [0, 0.05) is 38.2 Å². The molecular weight excluding hydrogens is 276 g/mol. The Morgan fingerprint density at radius 2 is 1.50 bits per heavy atom. The van der Waals surface area contributed by atoms with Crippen LogP contribution in [0, 0.1) is 5.92 Å². The molecule has 118 valence electrons. The third-order valence-electron chi connectivity index (χ3n) is 4.88. The van der Waals surface area contributed by atoms with E-state index in [1.54, 1.807) is 0 Å². The summed E-state index contributed by atoms with van der Waals surface area (Å²) in [6.45, 7) is 2.63. The summed E-state index contributed by atoms with van der Waals surface area (Å²) < 4.78 is 0. The van der Waals surface area contributed by atoms with Crippen LogP contribution in [-0.2, 0) is 4.79 Å². The second kappa shape index (κ2) is 6.95. The van der Waals surface area contributed by atoms with Crippen molar-refractivity contribution in [1.29, 1.82) is 0 Å². The molecule has 2 amide bonds. The highest BCUT2D eigenvalue weighted by Gasteiger charge is 2.27. The van der Waals surface area contributed by atoms with Crippen molar-refractivity contribution < 1.29 is 9.59 Å². The standard InChI is InChI=1S/C18H24N2O2/c21-17(14-15-6-4-5-7-15)19-10-12-20(13-11-19)18(22)16-8-2-1-3-9-16/h1-3,8-9,15H,4-7,10-14H2. The first kappa shape index (κ1) is 15.1. The van der Waals surface area contributed by atoms with Crippen LogP contribution in [0.1, 0.15) is 42.5 Å². The highest BCUT2D eigenvalue weighted by atomic mass is 16.2. The van der Waals surface area contributed by atoms with E-state index in [-0.39, 0.29) is 11.8 Å². The van der Waals surface area contributed by atoms with Crippen LogP contribution in [0.4, 0.5) is 0 Å². The van der Waals surface area contributed by atoms with E-state index >= 15 is 0 Å². The van der Waals surface area contributed by atoms with Gasteiger partial charge in [-0.2, -0.15) is 0 Å². The minimum atomic E-state index is 0.0727. The maximum absolute atomic E-state index is 12.4. The van der Waals surface area contributed by atoms with Crippen molar-refractivity contribution in [3.05, 3.63) is 35.9 Å². The molecule has 0 aromatic heterocycles. The van der Waals surface area contributed by atoms with Gasteiger partial charge in [0.15, 0.2) is 0 Å².